The molecule has 0 spiro atoms. The minimum atomic E-state index is -0.711. The van der Waals surface area contributed by atoms with Gasteiger partial charge < -0.3 is 9.52 Å². The maximum absolute atomic E-state index is 11.1. The van der Waals surface area contributed by atoms with Crippen molar-refractivity contribution in [1.29, 1.82) is 0 Å². The lowest BCUT2D eigenvalue weighted by Gasteiger charge is -2.04. The van der Waals surface area contributed by atoms with E-state index >= 15 is 0 Å². The fourth-order valence-electron chi connectivity index (χ4n) is 1.77. The number of benzene rings is 2. The Morgan fingerprint density at radius 3 is 2.67 bits per heavy atom. The van der Waals surface area contributed by atoms with E-state index in [2.05, 4.69) is 4.98 Å². The van der Waals surface area contributed by atoms with Crippen LogP contribution in [0, 0.1) is 0 Å². The topological polar surface area (TPSA) is 80.4 Å². The molecule has 5 nitrogen and oxygen atoms in total. The molecular formula is C16H15NO4. The molecular weight excluding hydrogens is 270 g/mol. The standard InChI is InChI=1S/C12H7NO2.C4H8O2/c14-8-5-6-10-12(7-8)15-11-4-2-1-3-9(11)13-10;1-2-3-4(5)6/h1-7H;2-3H2,1H3,(H,5,6). The van der Waals surface area contributed by atoms with Crippen molar-refractivity contribution in [2.75, 3.05) is 0 Å². The first kappa shape index (κ1) is 14.7. The highest BCUT2D eigenvalue weighted by molar-refractivity contribution is 5.75. The van der Waals surface area contributed by atoms with E-state index in [1.54, 1.807) is 6.07 Å². The van der Waals surface area contributed by atoms with Gasteiger partial charge in [-0.25, -0.2) is 4.98 Å². The Kier molecular flexibility index (Phi) is 4.66. The highest BCUT2D eigenvalue weighted by Gasteiger charge is 2.07. The Morgan fingerprint density at radius 1 is 1.24 bits per heavy atom. The molecule has 1 aliphatic carbocycles. The molecule has 1 aromatic carbocycles. The van der Waals surface area contributed by atoms with E-state index in [1.807, 2.05) is 31.2 Å². The Labute approximate surface area is 121 Å². The van der Waals surface area contributed by atoms with Gasteiger partial charge in [0.15, 0.2) is 16.8 Å². The number of nitrogens with zero attached hydrogens (tertiary/aromatic N) is 1. The molecule has 0 amide bonds. The molecule has 0 radical (unpaired) electrons. The Bertz CT molecular complexity index is 779. The van der Waals surface area contributed by atoms with E-state index in [9.17, 15) is 9.59 Å². The van der Waals surface area contributed by atoms with Crippen molar-refractivity contribution in [2.24, 2.45) is 0 Å². The van der Waals surface area contributed by atoms with Crippen LogP contribution in [-0.4, -0.2) is 16.1 Å². The predicted octanol–water partition coefficient (Wildman–Crippen LogP) is 3.16. The van der Waals surface area contributed by atoms with E-state index in [0.29, 0.717) is 23.5 Å². The number of rotatable bonds is 2. The van der Waals surface area contributed by atoms with Gasteiger partial charge in [0.25, 0.3) is 0 Å². The van der Waals surface area contributed by atoms with E-state index in [1.165, 1.54) is 12.1 Å². The molecule has 21 heavy (non-hydrogen) atoms. The summed E-state index contributed by atoms with van der Waals surface area (Å²) in [5, 5.41) is 7.91. The van der Waals surface area contributed by atoms with Crippen LogP contribution in [0.5, 0.6) is 0 Å². The minimum Gasteiger partial charge on any atom is -0.481 e. The minimum absolute atomic E-state index is 0.0664. The second kappa shape index (κ2) is 6.65. The summed E-state index contributed by atoms with van der Waals surface area (Å²) in [7, 11) is 0. The smallest absolute Gasteiger partial charge is 0.303 e. The zero-order valence-electron chi connectivity index (χ0n) is 11.6. The molecule has 108 valence electrons. The van der Waals surface area contributed by atoms with E-state index in [0.717, 1.165) is 11.9 Å². The van der Waals surface area contributed by atoms with Crippen molar-refractivity contribution in [3.63, 3.8) is 0 Å². The van der Waals surface area contributed by atoms with Crippen LogP contribution < -0.4 is 5.43 Å². The van der Waals surface area contributed by atoms with Crippen molar-refractivity contribution in [3.05, 3.63) is 52.7 Å². The quantitative estimate of drug-likeness (QED) is 0.731. The van der Waals surface area contributed by atoms with Crippen LogP contribution in [0.2, 0.25) is 0 Å². The molecule has 0 atom stereocenters. The first-order valence-corrected chi connectivity index (χ1v) is 6.61. The molecule has 1 N–H and O–H groups in total. The van der Waals surface area contributed by atoms with Gasteiger partial charge in [-0.2, -0.15) is 0 Å². The van der Waals surface area contributed by atoms with Crippen LogP contribution in [-0.2, 0) is 4.79 Å². The largest absolute Gasteiger partial charge is 0.481 e. The lowest BCUT2D eigenvalue weighted by molar-refractivity contribution is -0.137. The van der Waals surface area contributed by atoms with Gasteiger partial charge in [-0.3, -0.25) is 9.59 Å². The number of fused-ring (bicyclic) bond motifs is 2. The lowest BCUT2D eigenvalue weighted by Crippen LogP contribution is -1.99. The predicted molar refractivity (Wildman–Crippen MR) is 79.4 cm³/mol. The average molecular weight is 285 g/mol. The third-order valence-corrected chi connectivity index (χ3v) is 2.72. The van der Waals surface area contributed by atoms with Crippen molar-refractivity contribution < 1.29 is 14.3 Å². The summed E-state index contributed by atoms with van der Waals surface area (Å²) in [6.45, 7) is 1.84. The Balaban J connectivity index is 0.000000232. The van der Waals surface area contributed by atoms with Crippen LogP contribution in [0.1, 0.15) is 19.8 Å². The number of carboxylic acids is 1. The van der Waals surface area contributed by atoms with Gasteiger partial charge in [0.1, 0.15) is 11.2 Å². The molecule has 2 aliphatic rings. The zero-order chi connectivity index (χ0) is 15.2. The van der Waals surface area contributed by atoms with Gasteiger partial charge in [-0.15, -0.1) is 0 Å². The van der Waals surface area contributed by atoms with Crippen LogP contribution in [0.3, 0.4) is 0 Å². The summed E-state index contributed by atoms with van der Waals surface area (Å²) in [5.74, 6) is -0.182. The summed E-state index contributed by atoms with van der Waals surface area (Å²) in [4.78, 5) is 25.1. The summed E-state index contributed by atoms with van der Waals surface area (Å²) in [5.41, 5.74) is 2.12. The molecule has 0 saturated heterocycles. The van der Waals surface area contributed by atoms with Crippen LogP contribution in [0.25, 0.3) is 22.6 Å². The average Bonchev–Trinajstić information content (AvgIpc) is 2.45. The number of carboxylic acid groups (broad SMARTS) is 1. The van der Waals surface area contributed by atoms with Gasteiger partial charge in [-0.05, 0) is 30.7 Å². The normalized spacial score (nSPS) is 10.1. The monoisotopic (exact) mass is 285 g/mol. The molecule has 0 unspecified atom stereocenters. The molecule has 0 bridgehead atoms. The molecule has 3 rings (SSSR count). The molecule has 0 fully saturated rings. The molecule has 0 aromatic heterocycles. The van der Waals surface area contributed by atoms with Gasteiger partial charge in [0, 0.05) is 12.5 Å². The van der Waals surface area contributed by atoms with E-state index < -0.39 is 5.97 Å². The van der Waals surface area contributed by atoms with Gasteiger partial charge in [-0.1, -0.05) is 19.1 Å². The van der Waals surface area contributed by atoms with Crippen molar-refractivity contribution in [3.8, 4) is 11.5 Å². The summed E-state index contributed by atoms with van der Waals surface area (Å²) in [6, 6.07) is 12.1. The first-order valence-electron chi connectivity index (χ1n) is 6.61. The molecule has 0 saturated carbocycles. The van der Waals surface area contributed by atoms with Crippen LogP contribution in [0.4, 0.5) is 0 Å². The van der Waals surface area contributed by atoms with Crippen LogP contribution in [0.15, 0.2) is 51.7 Å². The summed E-state index contributed by atoms with van der Waals surface area (Å²) in [6.07, 6.45) is 1.02. The van der Waals surface area contributed by atoms with Crippen LogP contribution >= 0.6 is 0 Å². The SMILES string of the molecule is CCCC(=O)O.O=c1ccc2nc3ccccc3oc-2c1. The lowest BCUT2D eigenvalue weighted by atomic mass is 10.2. The number of aliphatic carboxylic acids is 1. The second-order valence-electron chi connectivity index (χ2n) is 4.45. The third-order valence-electron chi connectivity index (χ3n) is 2.72. The summed E-state index contributed by atoms with van der Waals surface area (Å²) < 4.78 is 5.56. The number of aromatic nitrogens is 1. The van der Waals surface area contributed by atoms with E-state index in [4.69, 9.17) is 9.52 Å². The Hall–Kier alpha value is -2.69. The number of para-hydroxylation sites is 2. The molecule has 5 heteroatoms. The van der Waals surface area contributed by atoms with Gasteiger partial charge in [0.05, 0.1) is 0 Å². The third kappa shape index (κ3) is 3.89. The van der Waals surface area contributed by atoms with Crippen molar-refractivity contribution in [1.82, 2.24) is 4.98 Å². The van der Waals surface area contributed by atoms with Gasteiger partial charge >= 0.3 is 5.97 Å². The van der Waals surface area contributed by atoms with Crippen molar-refractivity contribution >= 4 is 17.1 Å². The fraction of sp³-hybridized carbons (Fsp3) is 0.188. The molecule has 1 aliphatic heterocycles. The maximum atomic E-state index is 11.1. The number of hydrogen-bond donors (Lipinski definition) is 1. The highest BCUT2D eigenvalue weighted by atomic mass is 16.4. The Morgan fingerprint density at radius 2 is 2.00 bits per heavy atom. The fourth-order valence-corrected chi connectivity index (χ4v) is 1.77. The number of carbonyl (C=O) groups is 1. The molecule has 1 heterocycles. The van der Waals surface area contributed by atoms with E-state index in [-0.39, 0.29) is 5.43 Å². The maximum Gasteiger partial charge on any atom is 0.303 e. The summed E-state index contributed by atoms with van der Waals surface area (Å²) >= 11 is 0. The number of hydrogen-bond acceptors (Lipinski definition) is 4. The highest BCUT2D eigenvalue weighted by Crippen LogP contribution is 2.22. The zero-order valence-corrected chi connectivity index (χ0v) is 11.6. The second-order valence-corrected chi connectivity index (χ2v) is 4.45. The molecule has 1 aromatic rings. The van der Waals surface area contributed by atoms with Crippen molar-refractivity contribution in [2.45, 2.75) is 19.8 Å². The van der Waals surface area contributed by atoms with Gasteiger partial charge in [0.2, 0.25) is 0 Å². The first-order chi connectivity index (χ1) is 10.1.